The van der Waals surface area contributed by atoms with E-state index in [-0.39, 0.29) is 11.5 Å². The summed E-state index contributed by atoms with van der Waals surface area (Å²) >= 11 is 0. The van der Waals surface area contributed by atoms with Gasteiger partial charge in [-0.15, -0.1) is 0 Å². The minimum Gasteiger partial charge on any atom is -0.383 e. The minimum absolute atomic E-state index is 0.107. The van der Waals surface area contributed by atoms with Gasteiger partial charge in [-0.05, 0) is 25.2 Å². The molecule has 1 aromatic heterocycles. The largest absolute Gasteiger partial charge is 0.383 e. The standard InChI is InChI=1S/C13H18N4O2/c1-16-11(14)10(12(18)17(2)13(16)19)15-8-9-6-4-3-5-7-9/h3-4,8-9H,5-7,14H2,1-2H3. The summed E-state index contributed by atoms with van der Waals surface area (Å²) in [6, 6.07) is 0. The summed E-state index contributed by atoms with van der Waals surface area (Å²) in [6.45, 7) is 0. The topological polar surface area (TPSA) is 82.4 Å². The van der Waals surface area contributed by atoms with Crippen molar-refractivity contribution in [2.75, 3.05) is 5.73 Å². The Morgan fingerprint density at radius 3 is 2.68 bits per heavy atom. The monoisotopic (exact) mass is 262 g/mol. The van der Waals surface area contributed by atoms with Gasteiger partial charge in [0.1, 0.15) is 5.82 Å². The highest BCUT2D eigenvalue weighted by molar-refractivity contribution is 5.70. The Morgan fingerprint density at radius 2 is 2.05 bits per heavy atom. The predicted octanol–water partition coefficient (Wildman–Crippen LogP) is 0.725. The van der Waals surface area contributed by atoms with Crippen molar-refractivity contribution in [1.29, 1.82) is 0 Å². The number of allylic oxidation sites excluding steroid dienone is 2. The number of nitrogens with zero attached hydrogens (tertiary/aromatic N) is 3. The zero-order chi connectivity index (χ0) is 14.0. The van der Waals surface area contributed by atoms with Crippen molar-refractivity contribution in [3.63, 3.8) is 0 Å². The molecule has 6 nitrogen and oxygen atoms in total. The summed E-state index contributed by atoms with van der Waals surface area (Å²) in [5.41, 5.74) is 5.03. The van der Waals surface area contributed by atoms with E-state index in [1.54, 1.807) is 6.21 Å². The number of nitrogen functional groups attached to an aromatic ring is 1. The molecule has 1 aliphatic rings. The van der Waals surface area contributed by atoms with E-state index in [9.17, 15) is 9.59 Å². The quantitative estimate of drug-likeness (QED) is 0.630. The van der Waals surface area contributed by atoms with Crippen molar-refractivity contribution in [3.05, 3.63) is 33.0 Å². The van der Waals surface area contributed by atoms with Crippen molar-refractivity contribution in [2.45, 2.75) is 19.3 Å². The van der Waals surface area contributed by atoms with Gasteiger partial charge in [0, 0.05) is 20.3 Å². The Bertz CT molecular complexity index is 652. The van der Waals surface area contributed by atoms with Crippen LogP contribution in [0.15, 0.2) is 26.7 Å². The van der Waals surface area contributed by atoms with Crippen LogP contribution in [-0.4, -0.2) is 15.3 Å². The summed E-state index contributed by atoms with van der Waals surface area (Å²) in [6.07, 6.45) is 8.99. The van der Waals surface area contributed by atoms with Crippen LogP contribution >= 0.6 is 0 Å². The molecule has 2 N–H and O–H groups in total. The second-order valence-corrected chi connectivity index (χ2v) is 4.76. The van der Waals surface area contributed by atoms with E-state index in [0.717, 1.165) is 23.8 Å². The van der Waals surface area contributed by atoms with E-state index in [1.807, 2.05) is 0 Å². The number of nitrogens with two attached hydrogens (primary N) is 1. The van der Waals surface area contributed by atoms with Crippen LogP contribution in [0.1, 0.15) is 19.3 Å². The highest BCUT2D eigenvalue weighted by Gasteiger charge is 2.13. The lowest BCUT2D eigenvalue weighted by Gasteiger charge is -2.13. The van der Waals surface area contributed by atoms with E-state index in [0.29, 0.717) is 5.92 Å². The van der Waals surface area contributed by atoms with Gasteiger partial charge in [-0.2, -0.15) is 0 Å². The molecule has 0 saturated heterocycles. The Balaban J connectivity index is 2.40. The molecule has 6 heteroatoms. The maximum absolute atomic E-state index is 12.0. The second-order valence-electron chi connectivity index (χ2n) is 4.76. The molecule has 0 radical (unpaired) electrons. The minimum atomic E-state index is -0.455. The predicted molar refractivity (Wildman–Crippen MR) is 76.0 cm³/mol. The molecule has 0 saturated carbocycles. The molecule has 2 rings (SSSR count). The second kappa shape index (κ2) is 5.26. The zero-order valence-electron chi connectivity index (χ0n) is 11.2. The fraction of sp³-hybridized carbons (Fsp3) is 0.462. The Labute approximate surface area is 110 Å². The smallest absolute Gasteiger partial charge is 0.332 e. The lowest BCUT2D eigenvalue weighted by atomic mass is 9.96. The van der Waals surface area contributed by atoms with E-state index >= 15 is 0 Å². The molecule has 1 heterocycles. The number of hydrogen-bond acceptors (Lipinski definition) is 4. The van der Waals surface area contributed by atoms with Crippen LogP contribution in [0.3, 0.4) is 0 Å². The first kappa shape index (κ1) is 13.3. The van der Waals surface area contributed by atoms with E-state index < -0.39 is 11.2 Å². The molecule has 0 amide bonds. The maximum atomic E-state index is 12.0. The molecular weight excluding hydrogens is 244 g/mol. The van der Waals surface area contributed by atoms with Crippen LogP contribution in [0.2, 0.25) is 0 Å². The average molecular weight is 262 g/mol. The first-order valence-corrected chi connectivity index (χ1v) is 6.27. The fourth-order valence-electron chi connectivity index (χ4n) is 2.10. The van der Waals surface area contributed by atoms with Crippen molar-refractivity contribution < 1.29 is 0 Å². The molecule has 19 heavy (non-hydrogen) atoms. The number of hydrogen-bond donors (Lipinski definition) is 1. The molecule has 0 bridgehead atoms. The van der Waals surface area contributed by atoms with Gasteiger partial charge in [0.25, 0.3) is 5.56 Å². The molecular formula is C13H18N4O2. The third-order valence-electron chi connectivity index (χ3n) is 3.41. The number of anilines is 1. The van der Waals surface area contributed by atoms with E-state index in [2.05, 4.69) is 17.1 Å². The van der Waals surface area contributed by atoms with Gasteiger partial charge in [0.2, 0.25) is 0 Å². The van der Waals surface area contributed by atoms with Gasteiger partial charge in [-0.3, -0.25) is 18.9 Å². The molecule has 0 fully saturated rings. The van der Waals surface area contributed by atoms with Crippen LogP contribution in [0.25, 0.3) is 0 Å². The summed E-state index contributed by atoms with van der Waals surface area (Å²) in [5.74, 6) is 0.432. The van der Waals surface area contributed by atoms with Crippen molar-refractivity contribution in [3.8, 4) is 0 Å². The normalized spacial score (nSPS) is 19.2. The van der Waals surface area contributed by atoms with Gasteiger partial charge in [0.05, 0.1) is 0 Å². The van der Waals surface area contributed by atoms with Gasteiger partial charge in [0.15, 0.2) is 5.69 Å². The third-order valence-corrected chi connectivity index (χ3v) is 3.41. The molecule has 1 atom stereocenters. The zero-order valence-corrected chi connectivity index (χ0v) is 11.2. The van der Waals surface area contributed by atoms with Crippen LogP contribution in [-0.2, 0) is 14.1 Å². The van der Waals surface area contributed by atoms with Gasteiger partial charge in [-0.25, -0.2) is 4.79 Å². The van der Waals surface area contributed by atoms with E-state index in [4.69, 9.17) is 5.73 Å². The number of rotatable bonds is 2. The van der Waals surface area contributed by atoms with Gasteiger partial charge in [-0.1, -0.05) is 12.2 Å². The summed E-state index contributed by atoms with van der Waals surface area (Å²) < 4.78 is 2.25. The molecule has 1 unspecified atom stereocenters. The Hall–Kier alpha value is -2.11. The summed E-state index contributed by atoms with van der Waals surface area (Å²) in [5, 5.41) is 0. The average Bonchev–Trinajstić information content (AvgIpc) is 2.44. The summed E-state index contributed by atoms with van der Waals surface area (Å²) in [7, 11) is 2.95. The molecule has 0 spiro atoms. The van der Waals surface area contributed by atoms with Crippen LogP contribution in [0.4, 0.5) is 11.5 Å². The van der Waals surface area contributed by atoms with Gasteiger partial charge >= 0.3 is 5.69 Å². The van der Waals surface area contributed by atoms with E-state index in [1.165, 1.54) is 18.7 Å². The van der Waals surface area contributed by atoms with Crippen molar-refractivity contribution >= 4 is 17.7 Å². The van der Waals surface area contributed by atoms with Crippen molar-refractivity contribution in [2.24, 2.45) is 25.0 Å². The highest BCUT2D eigenvalue weighted by Crippen LogP contribution is 2.19. The lowest BCUT2D eigenvalue weighted by Crippen LogP contribution is -2.37. The lowest BCUT2D eigenvalue weighted by molar-refractivity contribution is 0.627. The summed E-state index contributed by atoms with van der Waals surface area (Å²) in [4.78, 5) is 27.8. The molecule has 1 aliphatic carbocycles. The molecule has 1 aromatic rings. The van der Waals surface area contributed by atoms with Gasteiger partial charge < -0.3 is 5.73 Å². The SMILES string of the molecule is Cn1c(N)c(N=CC2CC=CCC2)c(=O)n(C)c1=O. The number of aromatic nitrogens is 2. The Morgan fingerprint density at radius 1 is 1.32 bits per heavy atom. The first-order chi connectivity index (χ1) is 9.02. The van der Waals surface area contributed by atoms with Crippen LogP contribution in [0.5, 0.6) is 0 Å². The maximum Gasteiger partial charge on any atom is 0.332 e. The molecule has 0 aromatic carbocycles. The van der Waals surface area contributed by atoms with Crippen molar-refractivity contribution in [1.82, 2.24) is 9.13 Å². The highest BCUT2D eigenvalue weighted by atomic mass is 16.2. The van der Waals surface area contributed by atoms with Crippen LogP contribution < -0.4 is 17.0 Å². The number of aliphatic imine (C=N–C) groups is 1. The first-order valence-electron chi connectivity index (χ1n) is 6.27. The van der Waals surface area contributed by atoms with Crippen LogP contribution in [0, 0.1) is 5.92 Å². The molecule has 102 valence electrons. The third kappa shape index (κ3) is 2.52. The molecule has 0 aliphatic heterocycles. The fourth-order valence-corrected chi connectivity index (χ4v) is 2.10. The Kier molecular flexibility index (Phi) is 3.69.